The normalized spacial score (nSPS) is 10.6. The number of nitrogens with zero attached hydrogens (tertiary/aromatic N) is 4. The molecule has 26 heavy (non-hydrogen) atoms. The van der Waals surface area contributed by atoms with E-state index in [9.17, 15) is 4.79 Å². The van der Waals surface area contributed by atoms with Gasteiger partial charge >= 0.3 is 0 Å². The van der Waals surface area contributed by atoms with Crippen LogP contribution in [0, 0.1) is 17.4 Å². The van der Waals surface area contributed by atoms with Gasteiger partial charge in [-0.15, -0.1) is 0 Å². The summed E-state index contributed by atoms with van der Waals surface area (Å²) in [5.41, 5.74) is 0.654. The van der Waals surface area contributed by atoms with E-state index in [0.29, 0.717) is 30.3 Å². The van der Waals surface area contributed by atoms with Crippen molar-refractivity contribution in [2.75, 3.05) is 18.4 Å². The predicted octanol–water partition coefficient (Wildman–Crippen LogP) is 2.73. The van der Waals surface area contributed by atoms with E-state index < -0.39 is 0 Å². The summed E-state index contributed by atoms with van der Waals surface area (Å²) in [4.78, 5) is 25.1. The quantitative estimate of drug-likeness (QED) is 0.435. The van der Waals surface area contributed by atoms with Crippen LogP contribution in [0.2, 0.25) is 0 Å². The molecule has 1 amide bonds. The monoisotopic (exact) mass is 462 g/mol. The molecule has 0 saturated heterocycles. The van der Waals surface area contributed by atoms with Gasteiger partial charge in [0.05, 0.1) is 0 Å². The zero-order chi connectivity index (χ0) is 18.5. The summed E-state index contributed by atoms with van der Waals surface area (Å²) >= 11 is 2.21. The average Bonchev–Trinajstić information content (AvgIpc) is 3.05. The van der Waals surface area contributed by atoms with Crippen LogP contribution in [0.5, 0.6) is 0 Å². The summed E-state index contributed by atoms with van der Waals surface area (Å²) in [5, 5.41) is 6.11. The molecule has 0 fully saturated rings. The highest BCUT2D eigenvalue weighted by atomic mass is 127. The number of anilines is 1. The molecule has 0 atom stereocenters. The van der Waals surface area contributed by atoms with Gasteiger partial charge in [-0.1, -0.05) is 0 Å². The van der Waals surface area contributed by atoms with Gasteiger partial charge in [-0.05, 0) is 60.7 Å². The van der Waals surface area contributed by atoms with Crippen LogP contribution in [0.3, 0.4) is 0 Å². The number of carbonyl (C=O) groups excluding carboxylic acids is 1. The lowest BCUT2D eigenvalue weighted by Crippen LogP contribution is -2.29. The molecule has 2 aromatic heterocycles. The Morgan fingerprint density at radius 1 is 1.15 bits per heavy atom. The van der Waals surface area contributed by atoms with Crippen LogP contribution in [-0.4, -0.2) is 38.5 Å². The third-order valence-corrected chi connectivity index (χ3v) is 4.44. The first-order chi connectivity index (χ1) is 12.5. The second-order valence-corrected chi connectivity index (χ2v) is 6.94. The largest absolute Gasteiger partial charge is 0.368 e. The van der Waals surface area contributed by atoms with E-state index in [4.69, 9.17) is 0 Å². The summed E-state index contributed by atoms with van der Waals surface area (Å²) in [6.07, 6.45) is 3.60. The fraction of sp³-hybridized carbons (Fsp3) is 0.222. The number of imidazole rings is 1. The standard InChI is InChI=1S/C18H19IN6O/c1-12-23-16(11-17(24-12)25-10-9-20-13(25)2)21-7-8-22-18(26)14-3-5-15(19)6-4-14/h3-6,9-11H,7-8H2,1-2H3,(H,22,26)(H,21,23,24). The van der Waals surface area contributed by atoms with E-state index in [1.54, 1.807) is 6.20 Å². The molecule has 0 unspecified atom stereocenters. The minimum Gasteiger partial charge on any atom is -0.368 e. The van der Waals surface area contributed by atoms with Gasteiger partial charge in [-0.3, -0.25) is 9.36 Å². The number of amides is 1. The lowest BCUT2D eigenvalue weighted by molar-refractivity contribution is 0.0955. The van der Waals surface area contributed by atoms with E-state index in [1.165, 1.54) is 0 Å². The van der Waals surface area contributed by atoms with Crippen molar-refractivity contribution in [3.8, 4) is 5.82 Å². The molecule has 7 nitrogen and oxygen atoms in total. The first kappa shape index (κ1) is 18.3. The Morgan fingerprint density at radius 2 is 1.92 bits per heavy atom. The van der Waals surface area contributed by atoms with Crippen LogP contribution in [0.1, 0.15) is 22.0 Å². The van der Waals surface area contributed by atoms with Crippen LogP contribution < -0.4 is 10.6 Å². The van der Waals surface area contributed by atoms with E-state index >= 15 is 0 Å². The number of halogens is 1. The maximum atomic E-state index is 12.1. The van der Waals surface area contributed by atoms with Crippen molar-refractivity contribution in [3.05, 3.63) is 63.5 Å². The summed E-state index contributed by atoms with van der Waals surface area (Å²) in [6.45, 7) is 4.83. The Bertz CT molecular complexity index is 906. The highest BCUT2D eigenvalue weighted by molar-refractivity contribution is 14.1. The average molecular weight is 462 g/mol. The lowest BCUT2D eigenvalue weighted by atomic mass is 10.2. The molecule has 0 aliphatic carbocycles. The minimum atomic E-state index is -0.0863. The predicted molar refractivity (Wildman–Crippen MR) is 109 cm³/mol. The van der Waals surface area contributed by atoms with Crippen molar-refractivity contribution < 1.29 is 4.79 Å². The molecule has 2 heterocycles. The van der Waals surface area contributed by atoms with Crippen molar-refractivity contribution in [2.24, 2.45) is 0 Å². The van der Waals surface area contributed by atoms with Crippen molar-refractivity contribution >= 4 is 34.3 Å². The van der Waals surface area contributed by atoms with Crippen LogP contribution in [-0.2, 0) is 0 Å². The van der Waals surface area contributed by atoms with Crippen LogP contribution in [0.15, 0.2) is 42.7 Å². The summed E-state index contributed by atoms with van der Waals surface area (Å²) in [6, 6.07) is 9.33. The number of carbonyl (C=O) groups is 1. The zero-order valence-electron chi connectivity index (χ0n) is 14.5. The molecule has 1 aromatic carbocycles. The summed E-state index contributed by atoms with van der Waals surface area (Å²) in [7, 11) is 0. The molecule has 3 rings (SSSR count). The van der Waals surface area contributed by atoms with Crippen molar-refractivity contribution in [3.63, 3.8) is 0 Å². The topological polar surface area (TPSA) is 84.7 Å². The molecule has 8 heteroatoms. The number of benzene rings is 1. The minimum absolute atomic E-state index is 0.0863. The molecule has 0 bridgehead atoms. The Morgan fingerprint density at radius 3 is 2.62 bits per heavy atom. The van der Waals surface area contributed by atoms with Crippen molar-refractivity contribution in [1.29, 1.82) is 0 Å². The molecule has 134 valence electrons. The Balaban J connectivity index is 1.56. The molecule has 2 N–H and O–H groups in total. The third-order valence-electron chi connectivity index (χ3n) is 3.72. The molecular weight excluding hydrogens is 443 g/mol. The Kier molecular flexibility index (Phi) is 5.82. The van der Waals surface area contributed by atoms with Crippen LogP contribution in [0.25, 0.3) is 5.82 Å². The van der Waals surface area contributed by atoms with Gasteiger partial charge in [0.15, 0.2) is 0 Å². The fourth-order valence-electron chi connectivity index (χ4n) is 2.46. The number of hydrogen-bond acceptors (Lipinski definition) is 5. The Labute approximate surface area is 165 Å². The highest BCUT2D eigenvalue weighted by Crippen LogP contribution is 2.12. The zero-order valence-corrected chi connectivity index (χ0v) is 16.7. The van der Waals surface area contributed by atoms with Gasteiger partial charge in [0.2, 0.25) is 0 Å². The molecule has 0 aliphatic heterocycles. The third kappa shape index (κ3) is 4.57. The van der Waals surface area contributed by atoms with Crippen LogP contribution >= 0.6 is 22.6 Å². The first-order valence-corrected chi connectivity index (χ1v) is 9.24. The van der Waals surface area contributed by atoms with Gasteiger partial charge in [0.1, 0.15) is 23.3 Å². The van der Waals surface area contributed by atoms with E-state index in [1.807, 2.05) is 54.9 Å². The molecule has 0 radical (unpaired) electrons. The van der Waals surface area contributed by atoms with Gasteiger partial charge in [-0.25, -0.2) is 15.0 Å². The molecule has 0 aliphatic rings. The smallest absolute Gasteiger partial charge is 0.251 e. The number of nitrogens with one attached hydrogen (secondary N) is 2. The molecule has 0 spiro atoms. The van der Waals surface area contributed by atoms with Gasteiger partial charge in [0, 0.05) is 40.7 Å². The first-order valence-electron chi connectivity index (χ1n) is 8.16. The van der Waals surface area contributed by atoms with Gasteiger partial charge in [0.25, 0.3) is 5.91 Å². The highest BCUT2D eigenvalue weighted by Gasteiger charge is 2.07. The SMILES string of the molecule is Cc1nc(NCCNC(=O)c2ccc(I)cc2)cc(-n2ccnc2C)n1. The molecule has 0 saturated carbocycles. The van der Waals surface area contributed by atoms with E-state index in [-0.39, 0.29) is 5.91 Å². The molecular formula is C18H19IN6O. The molecule has 3 aromatic rings. The lowest BCUT2D eigenvalue weighted by Gasteiger charge is -2.10. The van der Waals surface area contributed by atoms with E-state index in [0.717, 1.165) is 15.2 Å². The van der Waals surface area contributed by atoms with Gasteiger partial charge in [-0.2, -0.15) is 0 Å². The van der Waals surface area contributed by atoms with E-state index in [2.05, 4.69) is 48.2 Å². The maximum absolute atomic E-state index is 12.1. The van der Waals surface area contributed by atoms with Crippen LogP contribution in [0.4, 0.5) is 5.82 Å². The number of aromatic nitrogens is 4. The van der Waals surface area contributed by atoms with Crippen molar-refractivity contribution in [1.82, 2.24) is 24.8 Å². The van der Waals surface area contributed by atoms with Gasteiger partial charge < -0.3 is 10.6 Å². The second-order valence-electron chi connectivity index (χ2n) is 5.69. The Hall–Kier alpha value is -2.49. The fourth-order valence-corrected chi connectivity index (χ4v) is 2.82. The number of hydrogen-bond donors (Lipinski definition) is 2. The summed E-state index contributed by atoms with van der Waals surface area (Å²) in [5.74, 6) is 2.92. The maximum Gasteiger partial charge on any atom is 0.251 e. The number of aryl methyl sites for hydroxylation is 2. The van der Waals surface area contributed by atoms with Crippen molar-refractivity contribution in [2.45, 2.75) is 13.8 Å². The second kappa shape index (κ2) is 8.26. The summed E-state index contributed by atoms with van der Waals surface area (Å²) < 4.78 is 3.00. The number of rotatable bonds is 6.